The standard InChI is InChI=1S/C24H19F3N4O2S/c25-24(26,27)34(32,33)30-22-9-7-17-14-18(6-8-20(17)22)21-15-31(19-4-2-1-3-5-19)29-23(21)16-10-12-28-13-11-16/h1-6,8,10-15,22,30H,7,9H2. The Kier molecular flexibility index (Phi) is 5.49. The fourth-order valence-corrected chi connectivity index (χ4v) is 4.94. The van der Waals surface area contributed by atoms with E-state index < -0.39 is 21.6 Å². The number of nitrogens with zero attached hydrogens (tertiary/aromatic N) is 3. The maximum absolute atomic E-state index is 12.8. The second-order valence-corrected chi connectivity index (χ2v) is 9.68. The van der Waals surface area contributed by atoms with E-state index in [2.05, 4.69) is 4.98 Å². The predicted octanol–water partition coefficient (Wildman–Crippen LogP) is 5.03. The molecule has 4 aromatic rings. The molecule has 0 spiro atoms. The molecule has 34 heavy (non-hydrogen) atoms. The molecule has 0 bridgehead atoms. The Labute approximate surface area is 194 Å². The summed E-state index contributed by atoms with van der Waals surface area (Å²) in [5.41, 5.74) is 0.185. The lowest BCUT2D eigenvalue weighted by molar-refractivity contribution is -0.0451. The summed E-state index contributed by atoms with van der Waals surface area (Å²) in [5, 5.41) is 4.78. The van der Waals surface area contributed by atoms with Gasteiger partial charge in [0.1, 0.15) is 5.69 Å². The molecular weight excluding hydrogens is 465 g/mol. The molecule has 0 fully saturated rings. The number of hydrogen-bond donors (Lipinski definition) is 1. The van der Waals surface area contributed by atoms with Gasteiger partial charge in [-0.25, -0.2) is 13.1 Å². The summed E-state index contributed by atoms with van der Waals surface area (Å²) < 4.78 is 65.3. The van der Waals surface area contributed by atoms with Crippen molar-refractivity contribution < 1.29 is 21.6 Å². The molecule has 2 aromatic carbocycles. The van der Waals surface area contributed by atoms with Crippen LogP contribution in [0.15, 0.2) is 79.3 Å². The average Bonchev–Trinajstić information content (AvgIpc) is 3.44. The molecular formula is C24H19F3N4O2S. The molecule has 1 aliphatic rings. The number of aromatic nitrogens is 3. The molecule has 1 unspecified atom stereocenters. The fraction of sp³-hybridized carbons (Fsp3) is 0.167. The van der Waals surface area contributed by atoms with Gasteiger partial charge in [-0.2, -0.15) is 23.0 Å². The van der Waals surface area contributed by atoms with E-state index in [1.807, 2.05) is 54.7 Å². The molecule has 0 saturated carbocycles. The van der Waals surface area contributed by atoms with Crippen LogP contribution >= 0.6 is 0 Å². The number of para-hydroxylation sites is 1. The van der Waals surface area contributed by atoms with E-state index >= 15 is 0 Å². The topological polar surface area (TPSA) is 76.9 Å². The molecule has 0 radical (unpaired) electrons. The van der Waals surface area contributed by atoms with Crippen LogP contribution in [0.2, 0.25) is 0 Å². The minimum Gasteiger partial charge on any atom is -0.265 e. The number of rotatable bonds is 5. The van der Waals surface area contributed by atoms with E-state index in [1.54, 1.807) is 33.9 Å². The number of aryl methyl sites for hydroxylation is 1. The second kappa shape index (κ2) is 8.37. The van der Waals surface area contributed by atoms with Gasteiger partial charge in [0.05, 0.1) is 5.69 Å². The average molecular weight is 485 g/mol. The molecule has 0 saturated heterocycles. The first kappa shape index (κ1) is 22.3. The summed E-state index contributed by atoms with van der Waals surface area (Å²) in [6.45, 7) is 0. The van der Waals surface area contributed by atoms with Crippen molar-refractivity contribution in [1.29, 1.82) is 0 Å². The number of fused-ring (bicyclic) bond motifs is 1. The van der Waals surface area contributed by atoms with Crippen molar-refractivity contribution in [2.45, 2.75) is 24.4 Å². The van der Waals surface area contributed by atoms with Crippen molar-refractivity contribution in [2.24, 2.45) is 0 Å². The highest BCUT2D eigenvalue weighted by molar-refractivity contribution is 7.90. The first-order chi connectivity index (χ1) is 16.2. The highest BCUT2D eigenvalue weighted by atomic mass is 32.2. The maximum atomic E-state index is 12.8. The molecule has 0 aliphatic heterocycles. The van der Waals surface area contributed by atoms with Gasteiger partial charge in [-0.3, -0.25) is 4.98 Å². The third kappa shape index (κ3) is 4.10. The van der Waals surface area contributed by atoms with Gasteiger partial charge in [0.2, 0.25) is 0 Å². The predicted molar refractivity (Wildman–Crippen MR) is 121 cm³/mol. The summed E-state index contributed by atoms with van der Waals surface area (Å²) in [6.07, 6.45) is 5.99. The van der Waals surface area contributed by atoms with Crippen LogP contribution in [0.1, 0.15) is 23.6 Å². The number of hydrogen-bond acceptors (Lipinski definition) is 4. The van der Waals surface area contributed by atoms with Crippen molar-refractivity contribution in [3.63, 3.8) is 0 Å². The number of sulfonamides is 1. The van der Waals surface area contributed by atoms with E-state index in [-0.39, 0.29) is 6.42 Å². The molecule has 5 rings (SSSR count). The van der Waals surface area contributed by atoms with Gasteiger partial charge in [-0.1, -0.05) is 36.4 Å². The van der Waals surface area contributed by atoms with Crippen LogP contribution in [0.5, 0.6) is 0 Å². The molecule has 2 heterocycles. The Morgan fingerprint density at radius 2 is 1.71 bits per heavy atom. The Hall–Kier alpha value is -3.50. The van der Waals surface area contributed by atoms with E-state index in [9.17, 15) is 21.6 Å². The molecule has 2 aromatic heterocycles. The highest BCUT2D eigenvalue weighted by Gasteiger charge is 2.47. The van der Waals surface area contributed by atoms with Gasteiger partial charge >= 0.3 is 15.5 Å². The summed E-state index contributed by atoms with van der Waals surface area (Å²) in [5.74, 6) is 0. The number of alkyl halides is 3. The Bertz CT molecular complexity index is 1440. The molecule has 6 nitrogen and oxygen atoms in total. The first-order valence-corrected chi connectivity index (χ1v) is 12.0. The summed E-state index contributed by atoms with van der Waals surface area (Å²) in [4.78, 5) is 4.07. The minimum absolute atomic E-state index is 0.259. The summed E-state index contributed by atoms with van der Waals surface area (Å²) >= 11 is 0. The van der Waals surface area contributed by atoms with Gasteiger partial charge in [0.25, 0.3) is 0 Å². The zero-order valence-electron chi connectivity index (χ0n) is 17.7. The fourth-order valence-electron chi connectivity index (χ4n) is 4.18. The van der Waals surface area contributed by atoms with Gasteiger partial charge in [0.15, 0.2) is 0 Å². The van der Waals surface area contributed by atoms with Gasteiger partial charge < -0.3 is 0 Å². The number of benzene rings is 2. The van der Waals surface area contributed by atoms with Crippen LogP contribution < -0.4 is 4.72 Å². The van der Waals surface area contributed by atoms with Crippen molar-refractivity contribution in [2.75, 3.05) is 0 Å². The van der Waals surface area contributed by atoms with Crippen molar-refractivity contribution in [3.8, 4) is 28.1 Å². The Balaban J connectivity index is 1.54. The molecule has 10 heteroatoms. The third-order valence-electron chi connectivity index (χ3n) is 5.82. The van der Waals surface area contributed by atoms with Crippen LogP contribution in [0.3, 0.4) is 0 Å². The van der Waals surface area contributed by atoms with Gasteiger partial charge in [-0.05, 0) is 53.8 Å². The molecule has 0 amide bonds. The van der Waals surface area contributed by atoms with Crippen LogP contribution in [-0.2, 0) is 16.4 Å². The smallest absolute Gasteiger partial charge is 0.265 e. The van der Waals surface area contributed by atoms with Crippen LogP contribution in [0.25, 0.3) is 28.1 Å². The SMILES string of the molecule is O=S(=O)(NC1CCc2cc(-c3cn(-c4ccccc4)nc3-c3ccncc3)ccc21)C(F)(F)F. The number of nitrogens with one attached hydrogen (secondary N) is 1. The Morgan fingerprint density at radius 3 is 2.41 bits per heavy atom. The minimum atomic E-state index is -5.43. The first-order valence-electron chi connectivity index (χ1n) is 10.5. The summed E-state index contributed by atoms with van der Waals surface area (Å²) in [7, 11) is -5.43. The Morgan fingerprint density at radius 1 is 0.971 bits per heavy atom. The molecule has 1 N–H and O–H groups in total. The van der Waals surface area contributed by atoms with Gasteiger partial charge in [0, 0.05) is 35.8 Å². The largest absolute Gasteiger partial charge is 0.511 e. The van der Waals surface area contributed by atoms with E-state index in [0.29, 0.717) is 12.0 Å². The normalized spacial score (nSPS) is 15.9. The summed E-state index contributed by atoms with van der Waals surface area (Å²) in [6, 6.07) is 17.8. The second-order valence-electron chi connectivity index (χ2n) is 7.98. The zero-order chi connectivity index (χ0) is 23.9. The maximum Gasteiger partial charge on any atom is 0.511 e. The molecule has 1 aliphatic carbocycles. The highest BCUT2D eigenvalue weighted by Crippen LogP contribution is 2.38. The molecule has 1 atom stereocenters. The van der Waals surface area contributed by atoms with E-state index in [1.165, 1.54) is 0 Å². The lowest BCUT2D eigenvalue weighted by Gasteiger charge is -2.16. The van der Waals surface area contributed by atoms with Crippen molar-refractivity contribution in [3.05, 3.63) is 90.4 Å². The van der Waals surface area contributed by atoms with E-state index in [4.69, 9.17) is 5.10 Å². The van der Waals surface area contributed by atoms with Crippen molar-refractivity contribution in [1.82, 2.24) is 19.5 Å². The lowest BCUT2D eigenvalue weighted by Crippen LogP contribution is -2.38. The lowest BCUT2D eigenvalue weighted by atomic mass is 9.98. The number of pyridine rings is 1. The van der Waals surface area contributed by atoms with Crippen LogP contribution in [0, 0.1) is 0 Å². The quantitative estimate of drug-likeness (QED) is 0.431. The van der Waals surface area contributed by atoms with Crippen LogP contribution in [0.4, 0.5) is 13.2 Å². The van der Waals surface area contributed by atoms with Gasteiger partial charge in [-0.15, -0.1) is 0 Å². The third-order valence-corrected chi connectivity index (χ3v) is 7.03. The zero-order valence-corrected chi connectivity index (χ0v) is 18.5. The monoisotopic (exact) mass is 484 g/mol. The molecule has 174 valence electrons. The van der Waals surface area contributed by atoms with E-state index in [0.717, 1.165) is 33.6 Å². The number of halogens is 3. The van der Waals surface area contributed by atoms with Crippen LogP contribution in [-0.4, -0.2) is 28.7 Å². The van der Waals surface area contributed by atoms with Crippen molar-refractivity contribution >= 4 is 10.0 Å².